The van der Waals surface area contributed by atoms with Gasteiger partial charge in [0.05, 0.1) is 5.56 Å². The van der Waals surface area contributed by atoms with E-state index < -0.39 is 5.97 Å². The highest BCUT2D eigenvalue weighted by Crippen LogP contribution is 2.27. The molecule has 0 unspecified atom stereocenters. The summed E-state index contributed by atoms with van der Waals surface area (Å²) in [5, 5.41) is 8.83. The van der Waals surface area contributed by atoms with Gasteiger partial charge in [0.2, 0.25) is 0 Å². The van der Waals surface area contributed by atoms with Crippen molar-refractivity contribution in [3.63, 3.8) is 0 Å². The van der Waals surface area contributed by atoms with E-state index in [4.69, 9.17) is 9.84 Å². The number of carbonyl (C=O) groups excluding carboxylic acids is 1. The fraction of sp³-hybridized carbons (Fsp3) is 0.176. The average molecular weight is 297 g/mol. The van der Waals surface area contributed by atoms with Crippen molar-refractivity contribution in [2.45, 2.75) is 6.42 Å². The predicted molar refractivity (Wildman–Crippen MR) is 81.4 cm³/mol. The van der Waals surface area contributed by atoms with Gasteiger partial charge in [0, 0.05) is 12.2 Å². The maximum atomic E-state index is 12.3. The van der Waals surface area contributed by atoms with Gasteiger partial charge in [-0.15, -0.1) is 0 Å². The summed E-state index contributed by atoms with van der Waals surface area (Å²) in [6.07, 6.45) is 0.856. The first kappa shape index (κ1) is 14.1. The number of para-hydroxylation sites is 1. The SMILES string of the molecule is O=C(O)c1ccc(OCC(=O)N2CCc3ccccc32)cc1. The molecule has 0 aromatic heterocycles. The topological polar surface area (TPSA) is 66.8 Å². The molecule has 2 aromatic carbocycles. The molecular formula is C17H15NO4. The largest absolute Gasteiger partial charge is 0.484 e. The number of nitrogens with zero attached hydrogens (tertiary/aromatic N) is 1. The lowest BCUT2D eigenvalue weighted by molar-refractivity contribution is -0.120. The summed E-state index contributed by atoms with van der Waals surface area (Å²) in [6.45, 7) is 0.597. The Hall–Kier alpha value is -2.82. The highest BCUT2D eigenvalue weighted by atomic mass is 16.5. The van der Waals surface area contributed by atoms with E-state index in [0.29, 0.717) is 12.3 Å². The van der Waals surface area contributed by atoms with Crippen LogP contribution in [0.5, 0.6) is 5.75 Å². The van der Waals surface area contributed by atoms with E-state index >= 15 is 0 Å². The van der Waals surface area contributed by atoms with E-state index in [1.54, 1.807) is 17.0 Å². The number of carbonyl (C=O) groups is 2. The zero-order chi connectivity index (χ0) is 15.5. The molecule has 0 spiro atoms. The molecule has 112 valence electrons. The van der Waals surface area contributed by atoms with E-state index in [-0.39, 0.29) is 18.1 Å². The fourth-order valence-corrected chi connectivity index (χ4v) is 2.51. The van der Waals surface area contributed by atoms with Crippen LogP contribution in [-0.4, -0.2) is 30.1 Å². The van der Waals surface area contributed by atoms with Gasteiger partial charge in [0.1, 0.15) is 5.75 Å². The molecule has 1 aliphatic heterocycles. The van der Waals surface area contributed by atoms with Crippen molar-refractivity contribution < 1.29 is 19.4 Å². The lowest BCUT2D eigenvalue weighted by atomic mass is 10.2. The van der Waals surface area contributed by atoms with Gasteiger partial charge in [0.25, 0.3) is 5.91 Å². The van der Waals surface area contributed by atoms with E-state index in [1.165, 1.54) is 17.7 Å². The van der Waals surface area contributed by atoms with Crippen molar-refractivity contribution >= 4 is 17.6 Å². The minimum atomic E-state index is -0.990. The Kier molecular flexibility index (Phi) is 3.78. The second-order valence-electron chi connectivity index (χ2n) is 5.04. The number of hydrogen-bond donors (Lipinski definition) is 1. The molecule has 0 aliphatic carbocycles. The summed E-state index contributed by atoms with van der Waals surface area (Å²) in [6, 6.07) is 13.8. The van der Waals surface area contributed by atoms with Gasteiger partial charge >= 0.3 is 5.97 Å². The van der Waals surface area contributed by atoms with Gasteiger partial charge in [-0.1, -0.05) is 18.2 Å². The number of aromatic carboxylic acids is 1. The molecule has 5 heteroatoms. The van der Waals surface area contributed by atoms with Crippen LogP contribution in [0.15, 0.2) is 48.5 Å². The number of rotatable bonds is 4. The van der Waals surface area contributed by atoms with Gasteiger partial charge in [0.15, 0.2) is 6.61 Å². The maximum absolute atomic E-state index is 12.3. The standard InChI is InChI=1S/C17H15NO4/c19-16(18-10-9-12-3-1-2-4-15(12)18)11-22-14-7-5-13(6-8-14)17(20)21/h1-8H,9-11H2,(H,20,21). The van der Waals surface area contributed by atoms with E-state index in [1.807, 2.05) is 24.3 Å². The number of amides is 1. The number of fused-ring (bicyclic) bond motifs is 1. The highest BCUT2D eigenvalue weighted by Gasteiger charge is 2.24. The highest BCUT2D eigenvalue weighted by molar-refractivity contribution is 5.96. The van der Waals surface area contributed by atoms with Gasteiger partial charge in [-0.05, 0) is 42.3 Å². The number of carboxylic acid groups (broad SMARTS) is 1. The molecule has 2 aromatic rings. The Bertz CT molecular complexity index is 709. The van der Waals surface area contributed by atoms with Crippen molar-refractivity contribution in [1.29, 1.82) is 0 Å². The molecule has 0 radical (unpaired) electrons. The number of carboxylic acids is 1. The van der Waals surface area contributed by atoms with E-state index in [0.717, 1.165) is 12.1 Å². The van der Waals surface area contributed by atoms with Crippen LogP contribution in [0.2, 0.25) is 0 Å². The van der Waals surface area contributed by atoms with Crippen LogP contribution in [0.25, 0.3) is 0 Å². The van der Waals surface area contributed by atoms with E-state index in [9.17, 15) is 9.59 Å². The Labute approximate surface area is 127 Å². The van der Waals surface area contributed by atoms with Crippen molar-refractivity contribution in [2.75, 3.05) is 18.1 Å². The monoisotopic (exact) mass is 297 g/mol. The Morgan fingerprint density at radius 1 is 1.09 bits per heavy atom. The number of hydrogen-bond acceptors (Lipinski definition) is 3. The minimum absolute atomic E-state index is 0.0687. The number of benzene rings is 2. The first-order chi connectivity index (χ1) is 10.6. The molecular weight excluding hydrogens is 282 g/mol. The Balaban J connectivity index is 1.62. The summed E-state index contributed by atoms with van der Waals surface area (Å²) < 4.78 is 5.45. The van der Waals surface area contributed by atoms with Crippen LogP contribution >= 0.6 is 0 Å². The molecule has 5 nitrogen and oxygen atoms in total. The van der Waals surface area contributed by atoms with Gasteiger partial charge in [-0.3, -0.25) is 4.79 Å². The summed E-state index contributed by atoms with van der Waals surface area (Å²) in [7, 11) is 0. The zero-order valence-corrected chi connectivity index (χ0v) is 11.9. The third-order valence-corrected chi connectivity index (χ3v) is 3.65. The smallest absolute Gasteiger partial charge is 0.335 e. The molecule has 1 heterocycles. The molecule has 1 N–H and O–H groups in total. The summed E-state index contributed by atoms with van der Waals surface area (Å²) in [5.41, 5.74) is 2.30. The predicted octanol–water partition coefficient (Wildman–Crippen LogP) is 2.35. The molecule has 1 amide bonds. The lowest BCUT2D eigenvalue weighted by Gasteiger charge is -2.17. The normalized spacial score (nSPS) is 12.8. The number of anilines is 1. The van der Waals surface area contributed by atoms with E-state index in [2.05, 4.69) is 0 Å². The van der Waals surface area contributed by atoms with Crippen molar-refractivity contribution in [1.82, 2.24) is 0 Å². The third kappa shape index (κ3) is 2.79. The van der Waals surface area contributed by atoms with Gasteiger partial charge in [-0.2, -0.15) is 0 Å². The molecule has 0 saturated carbocycles. The first-order valence-electron chi connectivity index (χ1n) is 6.99. The van der Waals surface area contributed by atoms with Crippen LogP contribution < -0.4 is 9.64 Å². The van der Waals surface area contributed by atoms with Crippen LogP contribution in [0.1, 0.15) is 15.9 Å². The quantitative estimate of drug-likeness (QED) is 0.940. The minimum Gasteiger partial charge on any atom is -0.484 e. The Morgan fingerprint density at radius 3 is 2.55 bits per heavy atom. The second-order valence-corrected chi connectivity index (χ2v) is 5.04. The third-order valence-electron chi connectivity index (χ3n) is 3.65. The summed E-state index contributed by atoms with van der Waals surface area (Å²) in [4.78, 5) is 24.8. The molecule has 1 aliphatic rings. The summed E-state index contributed by atoms with van der Waals surface area (Å²) in [5.74, 6) is -0.616. The van der Waals surface area contributed by atoms with Crippen molar-refractivity contribution in [2.24, 2.45) is 0 Å². The lowest BCUT2D eigenvalue weighted by Crippen LogP contribution is -2.33. The summed E-state index contributed by atoms with van der Waals surface area (Å²) >= 11 is 0. The molecule has 0 fully saturated rings. The van der Waals surface area contributed by atoms with Crippen LogP contribution in [0.4, 0.5) is 5.69 Å². The van der Waals surface area contributed by atoms with Gasteiger partial charge in [-0.25, -0.2) is 4.79 Å². The van der Waals surface area contributed by atoms with Crippen molar-refractivity contribution in [3.8, 4) is 5.75 Å². The van der Waals surface area contributed by atoms with Crippen LogP contribution in [-0.2, 0) is 11.2 Å². The first-order valence-corrected chi connectivity index (χ1v) is 6.99. The fourth-order valence-electron chi connectivity index (χ4n) is 2.51. The van der Waals surface area contributed by atoms with Gasteiger partial charge < -0.3 is 14.7 Å². The number of ether oxygens (including phenoxy) is 1. The molecule has 0 saturated heterocycles. The Morgan fingerprint density at radius 2 is 1.82 bits per heavy atom. The molecule has 22 heavy (non-hydrogen) atoms. The second kappa shape index (κ2) is 5.89. The molecule has 3 rings (SSSR count). The maximum Gasteiger partial charge on any atom is 0.335 e. The van der Waals surface area contributed by atoms with Crippen molar-refractivity contribution in [3.05, 3.63) is 59.7 Å². The molecule has 0 bridgehead atoms. The average Bonchev–Trinajstić information content (AvgIpc) is 2.97. The zero-order valence-electron chi connectivity index (χ0n) is 11.9. The van der Waals surface area contributed by atoms with Crippen LogP contribution in [0, 0.1) is 0 Å². The molecule has 0 atom stereocenters. The van der Waals surface area contributed by atoms with Crippen LogP contribution in [0.3, 0.4) is 0 Å².